The summed E-state index contributed by atoms with van der Waals surface area (Å²) in [6.45, 7) is -0.686. The van der Waals surface area contributed by atoms with Crippen LogP contribution in [0.3, 0.4) is 0 Å². The molecule has 22 heavy (non-hydrogen) atoms. The summed E-state index contributed by atoms with van der Waals surface area (Å²) in [5.74, 6) is 0. The van der Waals surface area contributed by atoms with Crippen LogP contribution in [-0.4, -0.2) is 54.5 Å². The van der Waals surface area contributed by atoms with Crippen molar-refractivity contribution in [2.24, 2.45) is 0 Å². The fraction of sp³-hybridized carbons (Fsp3) is 0.556. The maximum atomic E-state index is 11.7. The number of nitrogens with zero attached hydrogens (tertiary/aromatic N) is 1. The summed E-state index contributed by atoms with van der Waals surface area (Å²) < 4.78 is 21.1. The predicted molar refractivity (Wildman–Crippen MR) is 78.0 cm³/mol. The Kier molecular flexibility index (Phi) is 5.23. The number of hydrogen-bond donors (Lipinski definition) is 5. The zero-order valence-corrected chi connectivity index (χ0v) is 13.7. The van der Waals surface area contributed by atoms with Crippen LogP contribution in [0.5, 0.6) is 0 Å². The van der Waals surface area contributed by atoms with E-state index in [0.29, 0.717) is 0 Å². The number of aliphatic hydroxyl groups excluding tert-OH is 2. The molecule has 0 aromatic carbocycles. The van der Waals surface area contributed by atoms with Crippen LogP contribution in [0.4, 0.5) is 0 Å². The number of phosphoric ester groups is 1. The average molecular weight is 450 g/mol. The van der Waals surface area contributed by atoms with Crippen molar-refractivity contribution in [3.05, 3.63) is 30.6 Å². The topological polar surface area (TPSA) is 171 Å². The Morgan fingerprint density at radius 2 is 2.00 bits per heavy atom. The molecule has 2 rings (SSSR count). The van der Waals surface area contributed by atoms with E-state index in [-0.39, 0.29) is 3.57 Å². The minimum absolute atomic E-state index is 0.150. The van der Waals surface area contributed by atoms with Gasteiger partial charge in [-0.15, -0.1) is 0 Å². The van der Waals surface area contributed by atoms with E-state index in [9.17, 15) is 24.4 Å². The van der Waals surface area contributed by atoms with Crippen LogP contribution >= 0.6 is 30.4 Å². The van der Waals surface area contributed by atoms with Crippen LogP contribution < -0.4 is 11.2 Å². The highest BCUT2D eigenvalue weighted by molar-refractivity contribution is 14.1. The molecule has 124 valence electrons. The minimum atomic E-state index is -4.77. The summed E-state index contributed by atoms with van der Waals surface area (Å²) in [7, 11) is -4.77. The van der Waals surface area contributed by atoms with Gasteiger partial charge in [0.25, 0.3) is 5.56 Å². The summed E-state index contributed by atoms with van der Waals surface area (Å²) in [6.07, 6.45) is -4.55. The average Bonchev–Trinajstić information content (AvgIpc) is 2.68. The van der Waals surface area contributed by atoms with Crippen LogP contribution in [0.2, 0.25) is 0 Å². The molecule has 4 atom stereocenters. The number of rotatable bonds is 4. The van der Waals surface area contributed by atoms with Crippen molar-refractivity contribution < 1.29 is 33.8 Å². The summed E-state index contributed by atoms with van der Waals surface area (Å²) in [5, 5.41) is 19.7. The molecule has 0 bridgehead atoms. The van der Waals surface area contributed by atoms with E-state index in [1.807, 2.05) is 4.98 Å². The number of ether oxygens (including phenoxy) is 1. The Balaban J connectivity index is 2.23. The van der Waals surface area contributed by atoms with Crippen LogP contribution in [0, 0.1) is 3.57 Å². The molecule has 13 heteroatoms. The molecule has 11 nitrogen and oxygen atoms in total. The van der Waals surface area contributed by atoms with Gasteiger partial charge in [-0.3, -0.25) is 18.9 Å². The normalized spacial score (nSPS) is 29.0. The molecule has 0 saturated carbocycles. The zero-order valence-electron chi connectivity index (χ0n) is 10.7. The fourth-order valence-corrected chi connectivity index (χ4v) is 2.69. The molecule has 5 N–H and O–H groups in total. The zero-order chi connectivity index (χ0) is 16.7. The first kappa shape index (κ1) is 17.7. The SMILES string of the molecule is O=c1[nH]c(=O)n([C@@H]2O[C@H](COP(=O)(O)O)[C@@H](O)[C@H]2O)cc1I. The second kappa shape index (κ2) is 6.49. The van der Waals surface area contributed by atoms with Gasteiger partial charge in [0.05, 0.1) is 10.2 Å². The van der Waals surface area contributed by atoms with Gasteiger partial charge < -0.3 is 24.7 Å². The van der Waals surface area contributed by atoms with Gasteiger partial charge in [0.1, 0.15) is 18.3 Å². The van der Waals surface area contributed by atoms with Gasteiger partial charge in [0.2, 0.25) is 0 Å². The first-order valence-electron chi connectivity index (χ1n) is 5.83. The lowest BCUT2D eigenvalue weighted by Gasteiger charge is -2.17. The van der Waals surface area contributed by atoms with E-state index < -0.39 is 50.2 Å². The molecule has 0 spiro atoms. The second-order valence-corrected chi connectivity index (χ2v) is 6.88. The highest BCUT2D eigenvalue weighted by atomic mass is 127. The molecule has 1 aliphatic heterocycles. The molecule has 1 aliphatic rings. The van der Waals surface area contributed by atoms with Crippen LogP contribution in [0.25, 0.3) is 0 Å². The standard InChI is InChI=1S/C9H12IN2O9P/c10-3-1-12(9(16)11-7(3)15)8-6(14)5(13)4(21-8)2-20-22(17,18)19/h1,4-6,8,13-14H,2H2,(H,11,15,16)(H2,17,18,19)/t4-,5-,6-,8-/m1/s1. The molecule has 0 unspecified atom stereocenters. The lowest BCUT2D eigenvalue weighted by atomic mass is 10.1. The molecular formula is C9H12IN2O9P. The number of hydrogen-bond acceptors (Lipinski definition) is 7. The Labute approximate surface area is 135 Å². The van der Waals surface area contributed by atoms with Crippen molar-refractivity contribution in [2.75, 3.05) is 6.61 Å². The first-order valence-corrected chi connectivity index (χ1v) is 8.43. The minimum Gasteiger partial charge on any atom is -0.387 e. The third-order valence-corrected chi connectivity index (χ3v) is 4.20. The summed E-state index contributed by atoms with van der Waals surface area (Å²) in [6, 6.07) is 0. The monoisotopic (exact) mass is 450 g/mol. The summed E-state index contributed by atoms with van der Waals surface area (Å²) in [5.41, 5.74) is -1.48. The van der Waals surface area contributed by atoms with E-state index in [1.165, 1.54) is 0 Å². The van der Waals surface area contributed by atoms with E-state index >= 15 is 0 Å². The van der Waals surface area contributed by atoms with E-state index in [0.717, 1.165) is 10.8 Å². The Morgan fingerprint density at radius 1 is 1.36 bits per heavy atom. The predicted octanol–water partition coefficient (Wildman–Crippen LogP) is -2.13. The molecule has 1 aromatic rings. The number of phosphoric acid groups is 1. The molecule has 1 fully saturated rings. The first-order chi connectivity index (χ1) is 10.1. The third-order valence-electron chi connectivity index (χ3n) is 2.94. The van der Waals surface area contributed by atoms with Gasteiger partial charge in [-0.1, -0.05) is 0 Å². The van der Waals surface area contributed by atoms with Gasteiger partial charge in [-0.05, 0) is 22.6 Å². The number of aromatic nitrogens is 2. The van der Waals surface area contributed by atoms with E-state index in [2.05, 4.69) is 4.52 Å². The summed E-state index contributed by atoms with van der Waals surface area (Å²) >= 11 is 1.67. The van der Waals surface area contributed by atoms with Crippen LogP contribution in [0.15, 0.2) is 15.8 Å². The molecule has 0 amide bonds. The number of nitrogens with one attached hydrogen (secondary N) is 1. The fourth-order valence-electron chi connectivity index (χ4n) is 1.92. The Hall–Kier alpha value is -0.600. The van der Waals surface area contributed by atoms with Crippen molar-refractivity contribution >= 4 is 30.4 Å². The number of H-pyrrole nitrogens is 1. The molecule has 2 heterocycles. The Bertz CT molecular complexity index is 712. The highest BCUT2D eigenvalue weighted by Gasteiger charge is 2.45. The van der Waals surface area contributed by atoms with Crippen molar-refractivity contribution in [2.45, 2.75) is 24.5 Å². The molecular weight excluding hydrogens is 438 g/mol. The van der Waals surface area contributed by atoms with Gasteiger partial charge in [0, 0.05) is 6.20 Å². The van der Waals surface area contributed by atoms with Gasteiger partial charge in [-0.2, -0.15) is 0 Å². The second-order valence-electron chi connectivity index (χ2n) is 4.48. The highest BCUT2D eigenvalue weighted by Crippen LogP contribution is 2.38. The Morgan fingerprint density at radius 3 is 2.59 bits per heavy atom. The van der Waals surface area contributed by atoms with Crippen molar-refractivity contribution in [3.8, 4) is 0 Å². The van der Waals surface area contributed by atoms with Crippen LogP contribution in [-0.2, 0) is 13.8 Å². The van der Waals surface area contributed by atoms with Crippen molar-refractivity contribution in [1.29, 1.82) is 0 Å². The molecule has 1 saturated heterocycles. The smallest absolute Gasteiger partial charge is 0.387 e. The number of halogens is 1. The lowest BCUT2D eigenvalue weighted by molar-refractivity contribution is -0.0544. The van der Waals surface area contributed by atoms with E-state index in [4.69, 9.17) is 14.5 Å². The quantitative estimate of drug-likeness (QED) is 0.254. The largest absolute Gasteiger partial charge is 0.469 e. The molecule has 1 aromatic heterocycles. The number of aliphatic hydroxyl groups is 2. The number of aromatic amines is 1. The maximum Gasteiger partial charge on any atom is 0.469 e. The van der Waals surface area contributed by atoms with Gasteiger partial charge in [-0.25, -0.2) is 9.36 Å². The maximum absolute atomic E-state index is 11.7. The molecule has 0 radical (unpaired) electrons. The van der Waals surface area contributed by atoms with Crippen molar-refractivity contribution in [3.63, 3.8) is 0 Å². The lowest BCUT2D eigenvalue weighted by Crippen LogP contribution is -2.38. The third kappa shape index (κ3) is 3.83. The van der Waals surface area contributed by atoms with Gasteiger partial charge >= 0.3 is 13.5 Å². The van der Waals surface area contributed by atoms with E-state index in [1.54, 1.807) is 22.6 Å². The molecule has 0 aliphatic carbocycles. The van der Waals surface area contributed by atoms with Crippen LogP contribution in [0.1, 0.15) is 6.23 Å². The summed E-state index contributed by atoms with van der Waals surface area (Å²) in [4.78, 5) is 42.3. The van der Waals surface area contributed by atoms with Gasteiger partial charge in [0.15, 0.2) is 6.23 Å². The van der Waals surface area contributed by atoms with Crippen molar-refractivity contribution in [1.82, 2.24) is 9.55 Å².